The Balaban J connectivity index is 1.23. The lowest BCUT2D eigenvalue weighted by Crippen LogP contribution is -2.72. The van der Waals surface area contributed by atoms with Crippen molar-refractivity contribution < 1.29 is 193 Å². The first-order valence-corrected chi connectivity index (χ1v) is 31.7. The predicted octanol–water partition coefficient (Wildman–Crippen LogP) is -16.2. The van der Waals surface area contributed by atoms with Gasteiger partial charge in [-0.2, -0.15) is 0 Å². The number of amides is 4. The molecule has 7 saturated heterocycles. The normalized spacial score (nSPS) is 45.7. The first-order chi connectivity index (χ1) is 46.7. The average Bonchev–Trinajstić information content (AvgIpc) is 0.439. The molecule has 574 valence electrons. The van der Waals surface area contributed by atoms with Gasteiger partial charge in [0, 0.05) is 27.7 Å². The van der Waals surface area contributed by atoms with Crippen molar-refractivity contribution in [3.05, 3.63) is 0 Å². The van der Waals surface area contributed by atoms with E-state index >= 15 is 0 Å². The van der Waals surface area contributed by atoms with Crippen LogP contribution in [0.2, 0.25) is 0 Å². The van der Waals surface area contributed by atoms with Crippen molar-refractivity contribution in [2.75, 3.05) is 46.2 Å². The molecule has 0 aliphatic carbocycles. The second kappa shape index (κ2) is 36.5. The molecule has 0 spiro atoms. The summed E-state index contributed by atoms with van der Waals surface area (Å²) in [5, 5.41) is 241. The number of aliphatic hydroxyl groups is 21. The molecule has 0 aromatic heterocycles. The van der Waals surface area contributed by atoms with E-state index in [1.165, 1.54) is 13.8 Å². The minimum absolute atomic E-state index is 0.800. The maximum absolute atomic E-state index is 13.4. The highest BCUT2D eigenvalue weighted by Crippen LogP contribution is 2.40. The van der Waals surface area contributed by atoms with Crippen LogP contribution in [0.25, 0.3) is 0 Å². The van der Waals surface area contributed by atoms with Gasteiger partial charge in [-0.25, -0.2) is 0 Å². The van der Waals surface area contributed by atoms with Crippen molar-refractivity contribution in [3.63, 3.8) is 0 Å². The zero-order valence-corrected chi connectivity index (χ0v) is 54.2. The molecule has 0 aromatic rings. The van der Waals surface area contributed by atoms with Gasteiger partial charge in [-0.15, -0.1) is 0 Å². The van der Waals surface area contributed by atoms with Crippen LogP contribution in [0.5, 0.6) is 0 Å². The second-order valence-corrected chi connectivity index (χ2v) is 25.1. The molecule has 0 unspecified atom stereocenters. The minimum atomic E-state index is -2.31. The number of carbonyl (C=O) groups is 4. The molecule has 0 radical (unpaired) electrons. The predicted molar refractivity (Wildman–Crippen MR) is 310 cm³/mol. The van der Waals surface area contributed by atoms with E-state index in [9.17, 15) is 126 Å². The van der Waals surface area contributed by atoms with Crippen molar-refractivity contribution >= 4 is 23.6 Å². The van der Waals surface area contributed by atoms with Gasteiger partial charge in [0.2, 0.25) is 23.6 Å². The molecule has 7 rings (SSSR count). The molecular weight excluding hydrogens is 1350 g/mol. The number of rotatable bonds is 28. The SMILES string of the molecule is CC(=O)N[C@H]1[C@H](OC[C@@H](O)[C@H](O)[C@H](O[C@@H]2O[C@H](CO)[C@@H](O)[C@H](O)[C@H]2NC(C)=O)[C@H](CO)NC(C)=O)O[C@H](CO)[C@@H](O[C@@H]2O[C@H](CO)[C@H](O)[C@H](O[C@@H]3O[C@H](CO)[C@@H](O[C@@H]4O[C@H](CO)[C@H](O)[C@H](O)[C@H]4O)[C@H](O[C@@H]4O[C@@H](C)[C@@H](O)[C@@H](O)[C@@H]4O)[C@H]3NC(C)=O)[C@H]2O[C@@H]2O[C@@H](C)[C@@H](O)[C@@H](O)[C@@H]2O)[C@@H]1O. The van der Waals surface area contributed by atoms with Gasteiger partial charge in [0.05, 0.1) is 64.5 Å². The van der Waals surface area contributed by atoms with Crippen molar-refractivity contribution in [2.24, 2.45) is 0 Å². The van der Waals surface area contributed by atoms with E-state index in [4.69, 9.17) is 66.3 Å². The number of carbonyl (C=O) groups excluding carboxylic acids is 4. The number of hydrogen-bond acceptors (Lipinski definition) is 39. The summed E-state index contributed by atoms with van der Waals surface area (Å²) >= 11 is 0. The third-order valence-electron chi connectivity index (χ3n) is 17.8. The number of aliphatic hydroxyl groups excluding tert-OH is 21. The lowest BCUT2D eigenvalue weighted by Gasteiger charge is -2.52. The Labute approximate surface area is 563 Å². The topological polar surface area (TPSA) is 670 Å². The summed E-state index contributed by atoms with van der Waals surface area (Å²) in [6.07, 6.45) is -69.7. The molecule has 7 aliphatic rings. The number of ether oxygens (including phenoxy) is 14. The Morgan fingerprint density at radius 2 is 0.747 bits per heavy atom. The van der Waals surface area contributed by atoms with E-state index < -0.39 is 309 Å². The first-order valence-electron chi connectivity index (χ1n) is 31.7. The van der Waals surface area contributed by atoms with Crippen LogP contribution in [-0.2, 0) is 85.5 Å². The quantitative estimate of drug-likeness (QED) is 0.0346. The summed E-state index contributed by atoms with van der Waals surface area (Å²) in [6, 6.07) is -7.19. The molecule has 7 heterocycles. The highest BCUT2D eigenvalue weighted by atomic mass is 16.8. The monoisotopic (exact) mass is 1450 g/mol. The number of hydrogen-bond donors (Lipinski definition) is 25. The molecule has 0 aromatic carbocycles. The fourth-order valence-corrected chi connectivity index (χ4v) is 12.5. The zero-order valence-electron chi connectivity index (χ0n) is 54.2. The van der Waals surface area contributed by atoms with Gasteiger partial charge in [0.25, 0.3) is 0 Å². The molecule has 4 amide bonds. The van der Waals surface area contributed by atoms with E-state index in [1.54, 1.807) is 0 Å². The van der Waals surface area contributed by atoms with Gasteiger partial charge in [-0.05, 0) is 13.8 Å². The Hall–Kier alpha value is -3.52. The van der Waals surface area contributed by atoms with Crippen molar-refractivity contribution in [1.82, 2.24) is 21.3 Å². The van der Waals surface area contributed by atoms with Crippen LogP contribution in [-0.4, -0.2) is 416 Å². The molecule has 0 saturated carbocycles. The fraction of sp³-hybridized carbons (Fsp3) is 0.929. The average molecular weight is 1450 g/mol. The van der Waals surface area contributed by atoms with E-state index in [0.717, 1.165) is 27.7 Å². The Kier molecular flexibility index (Phi) is 30.5. The summed E-state index contributed by atoms with van der Waals surface area (Å²) in [6.45, 7) is -1.15. The molecule has 99 heavy (non-hydrogen) atoms. The zero-order chi connectivity index (χ0) is 73.5. The van der Waals surface area contributed by atoms with E-state index in [-0.39, 0.29) is 0 Å². The van der Waals surface area contributed by atoms with E-state index in [2.05, 4.69) is 21.3 Å². The molecule has 43 heteroatoms. The van der Waals surface area contributed by atoms with Crippen LogP contribution in [0.3, 0.4) is 0 Å². The molecule has 0 bridgehead atoms. The number of nitrogens with one attached hydrogen (secondary N) is 4. The summed E-state index contributed by atoms with van der Waals surface area (Å²) < 4.78 is 84.1. The molecule has 43 nitrogen and oxygen atoms in total. The maximum atomic E-state index is 13.4. The second-order valence-electron chi connectivity index (χ2n) is 25.1. The van der Waals surface area contributed by atoms with Gasteiger partial charge in [0.1, 0.15) is 177 Å². The summed E-state index contributed by atoms with van der Waals surface area (Å²) in [4.78, 5) is 51.0. The Morgan fingerprint density at radius 1 is 0.364 bits per heavy atom. The van der Waals surface area contributed by atoms with E-state index in [0.29, 0.717) is 0 Å². The third kappa shape index (κ3) is 19.1. The standard InChI is InChI=1S/C56H96N4O39/c1-14-30(72)38(80)41(83)53(87-14)97-47-29(60-19(6)70)52(93-26(12-66)46(47)96-55-43(85)40(82)34(76)23(9-63)90-55)98-48-35(77)24(10-64)91-56(49(48)99-54-42(84)39(81)31(73)15(2)88-54)95-45-25(11-65)92-50(28(37(45)79)59-18(5)69)86-13-21(71)32(74)44(20(7-61)57-16(3)67)94-51-27(58-17(4)68)36(78)33(75)22(8-62)89-51/h14-15,20-56,61-66,71-85H,7-13H2,1-6H3,(H,57,67)(H,58,68)(H,59,69)(H,60,70)/t14-,15-,20-,21+,22+,23+,24+,25+,26+,27+,28+,29+,30+,31+,32-,33+,34-,35-,36+,37+,38+,39+,40-,41-,42-,43+,44+,45+,46+,47+,48-,49+,50+,51-,52-,53-,54-,55-,56-/m0/s1. The molecular formula is C56H96N4O39. The summed E-state index contributed by atoms with van der Waals surface area (Å²) in [7, 11) is 0. The molecule has 7 fully saturated rings. The molecule has 39 atom stereocenters. The van der Waals surface area contributed by atoms with E-state index in [1.807, 2.05) is 0 Å². The molecule has 7 aliphatic heterocycles. The highest BCUT2D eigenvalue weighted by Gasteiger charge is 2.60. The van der Waals surface area contributed by atoms with Crippen LogP contribution in [0.15, 0.2) is 0 Å². The Bertz CT molecular complexity index is 2550. The van der Waals surface area contributed by atoms with Crippen molar-refractivity contribution in [1.29, 1.82) is 0 Å². The van der Waals surface area contributed by atoms with Crippen LogP contribution >= 0.6 is 0 Å². The fourth-order valence-electron chi connectivity index (χ4n) is 12.5. The van der Waals surface area contributed by atoms with Gasteiger partial charge >= 0.3 is 0 Å². The third-order valence-corrected chi connectivity index (χ3v) is 17.8. The smallest absolute Gasteiger partial charge is 0.217 e. The van der Waals surface area contributed by atoms with Gasteiger partial charge in [0.15, 0.2) is 44.0 Å². The van der Waals surface area contributed by atoms with Gasteiger partial charge in [-0.1, -0.05) is 0 Å². The lowest BCUT2D eigenvalue weighted by molar-refractivity contribution is -0.406. The van der Waals surface area contributed by atoms with Crippen LogP contribution in [0.4, 0.5) is 0 Å². The van der Waals surface area contributed by atoms with Crippen LogP contribution in [0.1, 0.15) is 41.5 Å². The van der Waals surface area contributed by atoms with Gasteiger partial charge < -0.3 is 195 Å². The van der Waals surface area contributed by atoms with Crippen LogP contribution in [0, 0.1) is 0 Å². The largest absolute Gasteiger partial charge is 0.394 e. The summed E-state index contributed by atoms with van der Waals surface area (Å²) in [5.41, 5.74) is 0. The summed E-state index contributed by atoms with van der Waals surface area (Å²) in [5.74, 6) is -3.52. The molecule has 25 N–H and O–H groups in total. The Morgan fingerprint density at radius 3 is 1.24 bits per heavy atom. The first kappa shape index (κ1) is 82.8. The lowest BCUT2D eigenvalue weighted by atomic mass is 9.93. The van der Waals surface area contributed by atoms with Crippen molar-refractivity contribution in [3.8, 4) is 0 Å². The van der Waals surface area contributed by atoms with Crippen molar-refractivity contribution in [2.45, 2.75) is 281 Å². The minimum Gasteiger partial charge on any atom is -0.394 e. The van der Waals surface area contributed by atoms with Crippen LogP contribution < -0.4 is 21.3 Å². The highest BCUT2D eigenvalue weighted by molar-refractivity contribution is 5.74. The maximum Gasteiger partial charge on any atom is 0.217 e. The van der Waals surface area contributed by atoms with Gasteiger partial charge in [-0.3, -0.25) is 19.2 Å².